The Balaban J connectivity index is 2.09. The van der Waals surface area contributed by atoms with Crippen molar-refractivity contribution in [2.24, 2.45) is 0 Å². The Morgan fingerprint density at radius 1 is 1.33 bits per heavy atom. The highest BCUT2D eigenvalue weighted by Crippen LogP contribution is 2.19. The van der Waals surface area contributed by atoms with Gasteiger partial charge < -0.3 is 4.74 Å². The number of carbonyl (C=O) groups excluding carboxylic acids is 1. The molecule has 0 aliphatic carbocycles. The molecule has 0 bridgehead atoms. The second-order valence-electron chi connectivity index (χ2n) is 4.32. The van der Waals surface area contributed by atoms with Crippen LogP contribution in [0.5, 0.6) is 0 Å². The molecule has 0 aromatic heterocycles. The van der Waals surface area contributed by atoms with E-state index < -0.39 is 10.0 Å². The van der Waals surface area contributed by atoms with Gasteiger partial charge in [0.25, 0.3) is 0 Å². The van der Waals surface area contributed by atoms with Crippen molar-refractivity contribution in [1.29, 1.82) is 0 Å². The molecular formula is C12H15NO4S. The molecule has 0 saturated carbocycles. The summed E-state index contributed by atoms with van der Waals surface area (Å²) in [5.74, 6) is -0.0431. The summed E-state index contributed by atoms with van der Waals surface area (Å²) in [6.45, 7) is 0.629. The van der Waals surface area contributed by atoms with E-state index in [9.17, 15) is 13.2 Å². The van der Waals surface area contributed by atoms with Gasteiger partial charge in [-0.25, -0.2) is 8.42 Å². The van der Waals surface area contributed by atoms with E-state index in [1.165, 1.54) is 0 Å². The van der Waals surface area contributed by atoms with Crippen LogP contribution in [0.15, 0.2) is 24.3 Å². The minimum absolute atomic E-state index is 0.0431. The molecule has 98 valence electrons. The first kappa shape index (κ1) is 13.0. The molecule has 1 aliphatic rings. The molecule has 1 aliphatic heterocycles. The van der Waals surface area contributed by atoms with Gasteiger partial charge in [-0.05, 0) is 37.1 Å². The van der Waals surface area contributed by atoms with Crippen LogP contribution in [0.3, 0.4) is 0 Å². The number of hydrogen-bond donors (Lipinski definition) is 1. The molecule has 6 heteroatoms. The summed E-state index contributed by atoms with van der Waals surface area (Å²) in [6.07, 6.45) is 2.39. The van der Waals surface area contributed by atoms with Gasteiger partial charge in [0.1, 0.15) is 6.10 Å². The van der Waals surface area contributed by atoms with Crippen molar-refractivity contribution in [2.45, 2.75) is 18.9 Å². The molecule has 1 aromatic carbocycles. The number of ether oxygens (including phenoxy) is 1. The zero-order valence-electron chi connectivity index (χ0n) is 10.0. The van der Waals surface area contributed by atoms with E-state index >= 15 is 0 Å². The van der Waals surface area contributed by atoms with Crippen LogP contribution >= 0.6 is 0 Å². The average molecular weight is 269 g/mol. The molecular weight excluding hydrogens is 254 g/mol. The van der Waals surface area contributed by atoms with E-state index in [-0.39, 0.29) is 11.9 Å². The molecule has 1 N–H and O–H groups in total. The third-order valence-electron chi connectivity index (χ3n) is 2.69. The molecule has 0 amide bonds. The molecule has 1 fully saturated rings. The van der Waals surface area contributed by atoms with E-state index in [4.69, 9.17) is 4.74 Å². The summed E-state index contributed by atoms with van der Waals surface area (Å²) in [4.78, 5) is 12.0. The maximum Gasteiger partial charge on any atom is 0.229 e. The lowest BCUT2D eigenvalue weighted by atomic mass is 10.0. The van der Waals surface area contributed by atoms with E-state index in [1.807, 2.05) is 0 Å². The zero-order valence-corrected chi connectivity index (χ0v) is 10.9. The van der Waals surface area contributed by atoms with Gasteiger partial charge in [-0.15, -0.1) is 0 Å². The molecule has 2 rings (SSSR count). The van der Waals surface area contributed by atoms with Crippen LogP contribution in [0.4, 0.5) is 5.69 Å². The van der Waals surface area contributed by atoms with Crippen LogP contribution in [0.2, 0.25) is 0 Å². The lowest BCUT2D eigenvalue weighted by Gasteiger charge is -2.09. The summed E-state index contributed by atoms with van der Waals surface area (Å²) in [5.41, 5.74) is 0.988. The quantitative estimate of drug-likeness (QED) is 0.839. The molecule has 1 saturated heterocycles. The fraction of sp³-hybridized carbons (Fsp3) is 0.417. The number of ketones is 1. The summed E-state index contributed by atoms with van der Waals surface area (Å²) < 4.78 is 29.7. The van der Waals surface area contributed by atoms with E-state index in [2.05, 4.69) is 4.72 Å². The number of rotatable bonds is 4. The molecule has 1 heterocycles. The Hall–Kier alpha value is -1.40. The van der Waals surface area contributed by atoms with Gasteiger partial charge in [0.15, 0.2) is 5.78 Å². The van der Waals surface area contributed by atoms with Gasteiger partial charge in [0.05, 0.1) is 6.26 Å². The Bertz CT molecular complexity index is 530. The van der Waals surface area contributed by atoms with Crippen molar-refractivity contribution in [1.82, 2.24) is 0 Å². The monoisotopic (exact) mass is 269 g/mol. The van der Waals surface area contributed by atoms with Crippen molar-refractivity contribution in [3.05, 3.63) is 29.8 Å². The smallest absolute Gasteiger partial charge is 0.229 e. The van der Waals surface area contributed by atoms with Crippen LogP contribution in [-0.4, -0.2) is 33.2 Å². The number of hydrogen-bond acceptors (Lipinski definition) is 4. The Morgan fingerprint density at radius 2 is 2.00 bits per heavy atom. The van der Waals surface area contributed by atoms with Gasteiger partial charge in [-0.2, -0.15) is 0 Å². The lowest BCUT2D eigenvalue weighted by molar-refractivity contribution is 0.0643. The lowest BCUT2D eigenvalue weighted by Crippen LogP contribution is -2.19. The van der Waals surface area contributed by atoms with Gasteiger partial charge in [-0.3, -0.25) is 9.52 Å². The second-order valence-corrected chi connectivity index (χ2v) is 6.07. The Kier molecular flexibility index (Phi) is 3.68. The van der Waals surface area contributed by atoms with Gasteiger partial charge in [0, 0.05) is 17.9 Å². The van der Waals surface area contributed by atoms with Crippen LogP contribution < -0.4 is 4.72 Å². The Morgan fingerprint density at radius 3 is 2.50 bits per heavy atom. The minimum Gasteiger partial charge on any atom is -0.370 e. The SMILES string of the molecule is CS(=O)(=O)Nc1ccc(C(=O)C2CCCO2)cc1. The predicted molar refractivity (Wildman–Crippen MR) is 68.2 cm³/mol. The normalized spacial score (nSPS) is 19.7. The standard InChI is InChI=1S/C12H15NO4S/c1-18(15,16)13-10-6-4-9(5-7-10)12(14)11-3-2-8-17-11/h4-7,11,13H,2-3,8H2,1H3. The van der Waals surface area contributed by atoms with Gasteiger partial charge in [0.2, 0.25) is 10.0 Å². The van der Waals surface area contributed by atoms with Crippen LogP contribution in [0.25, 0.3) is 0 Å². The molecule has 0 spiro atoms. The maximum atomic E-state index is 12.0. The van der Waals surface area contributed by atoms with Crippen molar-refractivity contribution in [2.75, 3.05) is 17.6 Å². The largest absolute Gasteiger partial charge is 0.370 e. The number of sulfonamides is 1. The van der Waals surface area contributed by atoms with Crippen molar-refractivity contribution >= 4 is 21.5 Å². The van der Waals surface area contributed by atoms with Crippen molar-refractivity contribution in [3.8, 4) is 0 Å². The first-order valence-electron chi connectivity index (χ1n) is 5.69. The Labute approximate surface area is 106 Å². The highest BCUT2D eigenvalue weighted by atomic mass is 32.2. The first-order valence-corrected chi connectivity index (χ1v) is 7.58. The number of anilines is 1. The number of Topliss-reactive ketones (excluding diaryl/α,β-unsaturated/α-hetero) is 1. The van der Waals surface area contributed by atoms with Gasteiger partial charge in [-0.1, -0.05) is 0 Å². The fourth-order valence-electron chi connectivity index (χ4n) is 1.89. The summed E-state index contributed by atoms with van der Waals surface area (Å²) in [5, 5.41) is 0. The molecule has 1 atom stereocenters. The summed E-state index contributed by atoms with van der Waals surface area (Å²) in [7, 11) is -3.29. The topological polar surface area (TPSA) is 72.5 Å². The van der Waals surface area contributed by atoms with Crippen molar-refractivity contribution in [3.63, 3.8) is 0 Å². The zero-order chi connectivity index (χ0) is 13.2. The fourth-order valence-corrected chi connectivity index (χ4v) is 2.45. The van der Waals surface area contributed by atoms with Gasteiger partial charge >= 0.3 is 0 Å². The minimum atomic E-state index is -3.29. The highest BCUT2D eigenvalue weighted by Gasteiger charge is 2.24. The van der Waals surface area contributed by atoms with Crippen LogP contribution in [0, 0.1) is 0 Å². The summed E-state index contributed by atoms with van der Waals surface area (Å²) in [6, 6.07) is 6.36. The molecule has 0 radical (unpaired) electrons. The molecule has 5 nitrogen and oxygen atoms in total. The van der Waals surface area contributed by atoms with Crippen LogP contribution in [-0.2, 0) is 14.8 Å². The highest BCUT2D eigenvalue weighted by molar-refractivity contribution is 7.92. The molecule has 18 heavy (non-hydrogen) atoms. The third kappa shape index (κ3) is 3.30. The predicted octanol–water partition coefficient (Wildman–Crippen LogP) is 1.42. The molecule has 1 unspecified atom stereocenters. The van der Waals surface area contributed by atoms with Crippen LogP contribution in [0.1, 0.15) is 23.2 Å². The number of benzene rings is 1. The maximum absolute atomic E-state index is 12.0. The summed E-state index contributed by atoms with van der Waals surface area (Å²) >= 11 is 0. The first-order chi connectivity index (χ1) is 8.46. The molecule has 1 aromatic rings. The number of nitrogens with one attached hydrogen (secondary N) is 1. The second kappa shape index (κ2) is 5.07. The average Bonchev–Trinajstić information content (AvgIpc) is 2.80. The van der Waals surface area contributed by atoms with E-state index in [0.717, 1.165) is 19.1 Å². The third-order valence-corrected chi connectivity index (χ3v) is 3.30. The van der Waals surface area contributed by atoms with Crippen molar-refractivity contribution < 1.29 is 17.9 Å². The van der Waals surface area contributed by atoms with E-state index in [0.29, 0.717) is 17.9 Å². The number of carbonyl (C=O) groups is 1. The van der Waals surface area contributed by atoms with E-state index in [1.54, 1.807) is 24.3 Å².